The fourth-order valence-electron chi connectivity index (χ4n) is 8.17. The van der Waals surface area contributed by atoms with E-state index in [0.29, 0.717) is 11.4 Å². The van der Waals surface area contributed by atoms with Crippen molar-refractivity contribution in [2.45, 2.75) is 6.42 Å². The Kier molecular flexibility index (Phi) is 10.3. The van der Waals surface area contributed by atoms with Crippen LogP contribution in [0.4, 0.5) is 11.4 Å². The molecule has 0 saturated carbocycles. The van der Waals surface area contributed by atoms with Crippen LogP contribution in [0.5, 0.6) is 0 Å². The first kappa shape index (κ1) is 38.6. The normalized spacial score (nSPS) is 11.1. The molecule has 300 valence electrons. The minimum Gasteiger partial charge on any atom is -0.320 e. The Morgan fingerprint density at radius 1 is 0.365 bits per heavy atom. The summed E-state index contributed by atoms with van der Waals surface area (Å²) >= 11 is 0. The van der Waals surface area contributed by atoms with Gasteiger partial charge >= 0.3 is 0 Å². The number of aromatic nitrogens is 3. The Morgan fingerprint density at radius 2 is 0.698 bits per heavy atom. The molecule has 0 atom stereocenters. The summed E-state index contributed by atoms with van der Waals surface area (Å²) in [6, 6.07) is 57.6. The quantitative estimate of drug-likeness (QED) is 0.133. The van der Waals surface area contributed by atoms with Gasteiger partial charge in [-0.3, -0.25) is 29.3 Å². The third kappa shape index (κ3) is 7.69. The molecule has 0 radical (unpaired) electrons. The zero-order chi connectivity index (χ0) is 42.7. The van der Waals surface area contributed by atoms with Crippen LogP contribution < -0.4 is 10.6 Å². The van der Waals surface area contributed by atoms with Crippen LogP contribution in [0.3, 0.4) is 0 Å². The van der Waals surface area contributed by atoms with Gasteiger partial charge in [0.25, 0.3) is 11.8 Å². The number of Topliss-reactive ketones (excluding diaryl/α,β-unsaturated/α-hetero) is 1. The summed E-state index contributed by atoms with van der Waals surface area (Å²) in [6.45, 7) is 0. The summed E-state index contributed by atoms with van der Waals surface area (Å²) in [5, 5.41) is 11.2. The summed E-state index contributed by atoms with van der Waals surface area (Å²) in [6.07, 6.45) is 5.00. The predicted molar refractivity (Wildman–Crippen MR) is 252 cm³/mol. The fourth-order valence-corrected chi connectivity index (χ4v) is 8.17. The molecule has 0 bridgehead atoms. The van der Waals surface area contributed by atoms with Crippen LogP contribution in [-0.4, -0.2) is 32.5 Å². The highest BCUT2D eigenvalue weighted by Gasteiger charge is 2.21. The summed E-state index contributed by atoms with van der Waals surface area (Å²) in [5.74, 6) is -1.29. The molecule has 0 aliphatic heterocycles. The average Bonchev–Trinajstić information content (AvgIpc) is 3.35. The van der Waals surface area contributed by atoms with E-state index in [1.165, 1.54) is 6.07 Å². The predicted octanol–water partition coefficient (Wildman–Crippen LogP) is 12.3. The maximum Gasteiger partial charge on any atom is 0.255 e. The van der Waals surface area contributed by atoms with E-state index in [0.717, 1.165) is 71.7 Å². The first-order valence-corrected chi connectivity index (χ1v) is 20.6. The number of pyridine rings is 3. The summed E-state index contributed by atoms with van der Waals surface area (Å²) in [7, 11) is 0. The number of fused-ring (bicyclic) bond motifs is 3. The highest BCUT2D eigenvalue weighted by Crippen LogP contribution is 2.34. The number of ketones is 1. The van der Waals surface area contributed by atoms with Crippen LogP contribution in [0, 0.1) is 0 Å². The van der Waals surface area contributed by atoms with Gasteiger partial charge in [-0.05, 0) is 29.1 Å². The third-order valence-electron chi connectivity index (χ3n) is 11.2. The minimum absolute atomic E-state index is 0.0142. The van der Waals surface area contributed by atoms with Gasteiger partial charge in [-0.1, -0.05) is 164 Å². The molecule has 2 amide bonds. The van der Waals surface area contributed by atoms with Crippen molar-refractivity contribution < 1.29 is 14.4 Å². The lowest BCUT2D eigenvalue weighted by molar-refractivity contribution is 0.0993. The second-order valence-electron chi connectivity index (χ2n) is 15.2. The van der Waals surface area contributed by atoms with E-state index >= 15 is 0 Å². The van der Waals surface area contributed by atoms with Gasteiger partial charge < -0.3 is 10.6 Å². The van der Waals surface area contributed by atoms with Crippen molar-refractivity contribution in [3.05, 3.63) is 223 Å². The molecule has 0 fully saturated rings. The number of rotatable bonds is 10. The molecule has 7 aromatic carbocycles. The number of anilines is 2. The summed E-state index contributed by atoms with van der Waals surface area (Å²) < 4.78 is 0. The molecule has 10 rings (SSSR count). The van der Waals surface area contributed by atoms with Gasteiger partial charge in [0.2, 0.25) is 0 Å². The number of carbonyl (C=O) groups excluding carboxylic acids is 3. The Labute approximate surface area is 363 Å². The lowest BCUT2D eigenvalue weighted by Gasteiger charge is -2.15. The van der Waals surface area contributed by atoms with E-state index < -0.39 is 11.8 Å². The molecule has 0 unspecified atom stereocenters. The number of nitrogens with zero attached hydrogens (tertiary/aromatic N) is 3. The Bertz CT molecular complexity index is 3000. The van der Waals surface area contributed by atoms with E-state index in [4.69, 9.17) is 15.0 Å². The maximum absolute atomic E-state index is 14.5. The van der Waals surface area contributed by atoms with E-state index in [-0.39, 0.29) is 28.9 Å². The number of carbonyl (C=O) groups is 3. The van der Waals surface area contributed by atoms with Crippen LogP contribution >= 0.6 is 0 Å². The standard InChI is InChI=1S/C55H37N5O3/c61-50(31-41-32-56-51(35-16-4-1-5-17-35)45-25-13-10-22-42(41)45)38-28-39(54(62)59-48-33-57-52(36-18-6-2-7-19-36)46-26-14-11-23-43(46)48)30-40(29-38)55(63)60-49-34-58-53(37-20-8-3-9-21-37)47-27-15-12-24-44(47)49/h1-30,32-34H,31H2,(H,59,62)(H,60,63). The van der Waals surface area contributed by atoms with Crippen molar-refractivity contribution in [1.82, 2.24) is 15.0 Å². The zero-order valence-electron chi connectivity index (χ0n) is 33.8. The van der Waals surface area contributed by atoms with Crippen molar-refractivity contribution in [3.63, 3.8) is 0 Å². The second-order valence-corrected chi connectivity index (χ2v) is 15.2. The van der Waals surface area contributed by atoms with Crippen LogP contribution in [-0.2, 0) is 6.42 Å². The highest BCUT2D eigenvalue weighted by molar-refractivity contribution is 6.16. The van der Waals surface area contributed by atoms with Crippen molar-refractivity contribution in [2.75, 3.05) is 10.6 Å². The Balaban J connectivity index is 1.02. The summed E-state index contributed by atoms with van der Waals surface area (Å²) in [4.78, 5) is 57.6. The van der Waals surface area contributed by atoms with Gasteiger partial charge in [-0.2, -0.15) is 0 Å². The van der Waals surface area contributed by atoms with Crippen LogP contribution in [0.1, 0.15) is 36.6 Å². The summed E-state index contributed by atoms with van der Waals surface area (Å²) in [5.41, 5.74) is 7.43. The van der Waals surface area contributed by atoms with Crippen molar-refractivity contribution in [3.8, 4) is 33.8 Å². The smallest absolute Gasteiger partial charge is 0.255 e. The minimum atomic E-state index is -0.503. The maximum atomic E-state index is 14.5. The number of nitrogens with one attached hydrogen (secondary N) is 2. The number of benzene rings is 7. The SMILES string of the molecule is O=C(Cc1cnc(-c2ccccc2)c2ccccc12)c1cc(C(=O)Nc2cnc(-c3ccccc3)c3ccccc23)cc(C(=O)Nc2cnc(-c3ccccc3)c3ccccc23)c1. The third-order valence-corrected chi connectivity index (χ3v) is 11.2. The molecule has 2 N–H and O–H groups in total. The second kappa shape index (κ2) is 16.8. The molecule has 63 heavy (non-hydrogen) atoms. The number of hydrogen-bond donors (Lipinski definition) is 2. The highest BCUT2D eigenvalue weighted by atomic mass is 16.2. The van der Waals surface area contributed by atoms with E-state index in [9.17, 15) is 14.4 Å². The molecular formula is C55H37N5O3. The van der Waals surface area contributed by atoms with Gasteiger partial charge in [0.05, 0.1) is 40.9 Å². The van der Waals surface area contributed by atoms with Crippen LogP contribution in [0.25, 0.3) is 66.1 Å². The molecule has 0 aliphatic carbocycles. The molecular weight excluding hydrogens is 779 g/mol. The van der Waals surface area contributed by atoms with Gasteiger partial charge in [-0.25, -0.2) is 0 Å². The lowest BCUT2D eigenvalue weighted by atomic mass is 9.95. The van der Waals surface area contributed by atoms with Crippen LogP contribution in [0.15, 0.2) is 201 Å². The van der Waals surface area contributed by atoms with Gasteiger partial charge in [-0.15, -0.1) is 0 Å². The van der Waals surface area contributed by atoms with Gasteiger partial charge in [0, 0.05) is 72.9 Å². The number of amides is 2. The lowest BCUT2D eigenvalue weighted by Crippen LogP contribution is -2.18. The molecule has 8 heteroatoms. The molecule has 10 aromatic rings. The first-order valence-electron chi connectivity index (χ1n) is 20.6. The van der Waals surface area contributed by atoms with Crippen molar-refractivity contribution >= 4 is 61.3 Å². The molecule has 8 nitrogen and oxygen atoms in total. The van der Waals surface area contributed by atoms with E-state index in [1.807, 2.05) is 164 Å². The Hall–Kier alpha value is -8.62. The Morgan fingerprint density at radius 3 is 1.13 bits per heavy atom. The first-order chi connectivity index (χ1) is 31.0. The molecule has 3 aromatic heterocycles. The van der Waals surface area contributed by atoms with Crippen molar-refractivity contribution in [1.29, 1.82) is 0 Å². The molecule has 0 spiro atoms. The molecule has 3 heterocycles. The fraction of sp³-hybridized carbons (Fsp3) is 0.0182. The largest absolute Gasteiger partial charge is 0.320 e. The molecule has 0 aliphatic rings. The van der Waals surface area contributed by atoms with Crippen LogP contribution in [0.2, 0.25) is 0 Å². The van der Waals surface area contributed by atoms with E-state index in [1.54, 1.807) is 30.7 Å². The van der Waals surface area contributed by atoms with Gasteiger partial charge in [0.15, 0.2) is 5.78 Å². The number of hydrogen-bond acceptors (Lipinski definition) is 6. The van der Waals surface area contributed by atoms with Crippen molar-refractivity contribution in [2.24, 2.45) is 0 Å². The van der Waals surface area contributed by atoms with E-state index in [2.05, 4.69) is 10.6 Å². The molecule has 0 saturated heterocycles. The topological polar surface area (TPSA) is 114 Å². The average molecular weight is 816 g/mol. The monoisotopic (exact) mass is 815 g/mol. The van der Waals surface area contributed by atoms with Gasteiger partial charge in [0.1, 0.15) is 0 Å². The zero-order valence-corrected chi connectivity index (χ0v) is 33.8.